The molecule has 0 spiro atoms. The highest BCUT2D eigenvalue weighted by Crippen LogP contribution is 2.30. The molecular weight excluding hydrogens is 452 g/mol. The molecule has 33 heavy (non-hydrogen) atoms. The highest BCUT2D eigenvalue weighted by molar-refractivity contribution is 7.98. The number of aryl methyl sites for hydroxylation is 1. The van der Waals surface area contributed by atoms with Crippen LogP contribution in [0, 0.1) is 12.8 Å². The van der Waals surface area contributed by atoms with Crippen LogP contribution in [0.3, 0.4) is 0 Å². The Labute approximate surface area is 206 Å². The quantitative estimate of drug-likeness (QED) is 0.300. The first-order valence-electron chi connectivity index (χ1n) is 11.6. The molecule has 0 aliphatic carbocycles. The fraction of sp³-hybridized carbons (Fsp3) is 0.423. The van der Waals surface area contributed by atoms with Gasteiger partial charge in [0, 0.05) is 16.7 Å². The lowest BCUT2D eigenvalue weighted by atomic mass is 9.98. The van der Waals surface area contributed by atoms with Crippen molar-refractivity contribution in [3.63, 3.8) is 0 Å². The fourth-order valence-corrected chi connectivity index (χ4v) is 4.87. The molecule has 0 fully saturated rings. The van der Waals surface area contributed by atoms with Crippen molar-refractivity contribution >= 4 is 29.3 Å². The number of aromatic nitrogens is 3. The van der Waals surface area contributed by atoms with Gasteiger partial charge in [-0.3, -0.25) is 9.36 Å². The highest BCUT2D eigenvalue weighted by atomic mass is 35.5. The predicted octanol–water partition coefficient (Wildman–Crippen LogP) is 6.92. The Morgan fingerprint density at radius 2 is 1.91 bits per heavy atom. The van der Waals surface area contributed by atoms with Gasteiger partial charge in [-0.25, -0.2) is 0 Å². The van der Waals surface area contributed by atoms with E-state index in [1.54, 1.807) is 11.8 Å². The van der Waals surface area contributed by atoms with Crippen LogP contribution in [-0.4, -0.2) is 20.7 Å². The van der Waals surface area contributed by atoms with E-state index in [-0.39, 0.29) is 17.9 Å². The van der Waals surface area contributed by atoms with E-state index in [0.717, 1.165) is 47.8 Å². The molecule has 2 aromatic carbocycles. The number of halogens is 1. The molecule has 0 saturated carbocycles. The summed E-state index contributed by atoms with van der Waals surface area (Å²) >= 11 is 7.98. The van der Waals surface area contributed by atoms with E-state index in [9.17, 15) is 4.79 Å². The molecule has 0 radical (unpaired) electrons. The number of thioether (sulfide) groups is 1. The smallest absolute Gasteiger partial charge is 0.223 e. The number of carbonyl (C=O) groups is 1. The second kappa shape index (κ2) is 12.2. The molecule has 1 heterocycles. The third kappa shape index (κ3) is 6.61. The number of carbonyl (C=O) groups excluding carboxylic acids is 1. The number of hydrogen-bond acceptors (Lipinski definition) is 4. The van der Waals surface area contributed by atoms with Gasteiger partial charge in [-0.15, -0.1) is 10.2 Å². The van der Waals surface area contributed by atoms with Crippen LogP contribution in [0.2, 0.25) is 5.02 Å². The van der Waals surface area contributed by atoms with Gasteiger partial charge in [0.25, 0.3) is 0 Å². The molecule has 7 heteroatoms. The maximum Gasteiger partial charge on any atom is 0.223 e. The second-order valence-corrected chi connectivity index (χ2v) is 9.74. The van der Waals surface area contributed by atoms with Crippen molar-refractivity contribution in [3.05, 3.63) is 70.5 Å². The van der Waals surface area contributed by atoms with Gasteiger partial charge in [-0.2, -0.15) is 0 Å². The zero-order valence-electron chi connectivity index (χ0n) is 19.8. The van der Waals surface area contributed by atoms with E-state index in [1.165, 1.54) is 5.56 Å². The molecule has 0 bridgehead atoms. The van der Waals surface area contributed by atoms with E-state index in [2.05, 4.69) is 41.5 Å². The molecule has 2 unspecified atom stereocenters. The van der Waals surface area contributed by atoms with Gasteiger partial charge in [0.15, 0.2) is 11.0 Å². The molecule has 0 aliphatic rings. The van der Waals surface area contributed by atoms with Gasteiger partial charge < -0.3 is 5.32 Å². The maximum absolute atomic E-state index is 13.0. The van der Waals surface area contributed by atoms with Crippen molar-refractivity contribution in [1.82, 2.24) is 20.1 Å². The second-order valence-electron chi connectivity index (χ2n) is 8.36. The van der Waals surface area contributed by atoms with Crippen LogP contribution in [0.25, 0.3) is 5.69 Å². The predicted molar refractivity (Wildman–Crippen MR) is 137 cm³/mol. The number of unbranched alkanes of at least 4 members (excludes halogenated alkanes) is 1. The average Bonchev–Trinajstić information content (AvgIpc) is 3.24. The molecule has 5 nitrogen and oxygen atoms in total. The molecule has 3 rings (SSSR count). The zero-order chi connectivity index (χ0) is 23.8. The van der Waals surface area contributed by atoms with Crippen molar-refractivity contribution < 1.29 is 4.79 Å². The molecule has 2 atom stereocenters. The minimum atomic E-state index is -0.287. The maximum atomic E-state index is 13.0. The van der Waals surface area contributed by atoms with Crippen LogP contribution in [0.15, 0.2) is 53.7 Å². The van der Waals surface area contributed by atoms with E-state index in [1.807, 2.05) is 54.8 Å². The molecule has 3 aromatic rings. The standard InChI is InChI=1S/C26H33ClN4OS/c1-5-7-13-21(6-2)25(32)28-19(4)24-29-30-26(33-17-20-11-9-8-10-12-20)31(24)23-16-22(27)15-14-18(23)3/h8-12,14-16,19,21H,5-7,13,17H2,1-4H3,(H,28,32). The monoisotopic (exact) mass is 484 g/mol. The molecule has 1 aromatic heterocycles. The van der Waals surface area contributed by atoms with Gasteiger partial charge in [-0.05, 0) is 49.9 Å². The van der Waals surface area contributed by atoms with Gasteiger partial charge in [0.05, 0.1) is 11.7 Å². The SMILES string of the molecule is CCCCC(CC)C(=O)NC(C)c1nnc(SCc2ccccc2)n1-c1cc(Cl)ccc1C. The number of benzene rings is 2. The molecule has 1 amide bonds. The van der Waals surface area contributed by atoms with Crippen molar-refractivity contribution in [3.8, 4) is 5.69 Å². The fourth-order valence-electron chi connectivity index (χ4n) is 3.79. The number of nitrogens with zero attached hydrogens (tertiary/aromatic N) is 3. The molecule has 0 aliphatic heterocycles. The lowest BCUT2D eigenvalue weighted by molar-refractivity contribution is -0.126. The van der Waals surface area contributed by atoms with Crippen molar-refractivity contribution in [2.24, 2.45) is 5.92 Å². The summed E-state index contributed by atoms with van der Waals surface area (Å²) in [6.07, 6.45) is 3.88. The first kappa shape index (κ1) is 25.3. The Morgan fingerprint density at radius 1 is 1.15 bits per heavy atom. The lowest BCUT2D eigenvalue weighted by Crippen LogP contribution is -2.34. The molecule has 176 valence electrons. The van der Waals surface area contributed by atoms with E-state index < -0.39 is 0 Å². The van der Waals surface area contributed by atoms with Crippen LogP contribution in [0.4, 0.5) is 0 Å². The number of rotatable bonds is 11. The van der Waals surface area contributed by atoms with Crippen molar-refractivity contribution in [2.45, 2.75) is 70.3 Å². The Kier molecular flexibility index (Phi) is 9.39. The van der Waals surface area contributed by atoms with Crippen molar-refractivity contribution in [2.75, 3.05) is 0 Å². The first-order valence-corrected chi connectivity index (χ1v) is 13.0. The topological polar surface area (TPSA) is 59.8 Å². The summed E-state index contributed by atoms with van der Waals surface area (Å²) in [4.78, 5) is 13.0. The molecule has 1 N–H and O–H groups in total. The molecular formula is C26H33ClN4OS. The Bertz CT molecular complexity index is 1050. The van der Waals surface area contributed by atoms with Crippen LogP contribution in [0.5, 0.6) is 0 Å². The summed E-state index contributed by atoms with van der Waals surface area (Å²) in [5.41, 5.74) is 3.21. The third-order valence-corrected chi connectivity index (χ3v) is 7.03. The van der Waals surface area contributed by atoms with Crippen molar-refractivity contribution in [1.29, 1.82) is 0 Å². The van der Waals surface area contributed by atoms with Crippen LogP contribution in [-0.2, 0) is 10.5 Å². The van der Waals surface area contributed by atoms with Gasteiger partial charge in [0.2, 0.25) is 5.91 Å². The van der Waals surface area contributed by atoms with Gasteiger partial charge in [-0.1, -0.05) is 86.5 Å². The van der Waals surface area contributed by atoms with E-state index in [0.29, 0.717) is 10.8 Å². The van der Waals surface area contributed by atoms with Crippen LogP contribution >= 0.6 is 23.4 Å². The Morgan fingerprint density at radius 3 is 2.61 bits per heavy atom. The van der Waals surface area contributed by atoms with Crippen LogP contribution < -0.4 is 5.32 Å². The lowest BCUT2D eigenvalue weighted by Gasteiger charge is -2.20. The van der Waals surface area contributed by atoms with E-state index in [4.69, 9.17) is 11.6 Å². The Balaban J connectivity index is 1.91. The zero-order valence-corrected chi connectivity index (χ0v) is 21.4. The summed E-state index contributed by atoms with van der Waals surface area (Å²) in [6, 6.07) is 15.8. The number of amides is 1. The highest BCUT2D eigenvalue weighted by Gasteiger charge is 2.24. The number of nitrogens with one attached hydrogen (secondary N) is 1. The summed E-state index contributed by atoms with van der Waals surface area (Å²) < 4.78 is 2.03. The Hall–Kier alpha value is -2.31. The minimum Gasteiger partial charge on any atom is -0.346 e. The molecule has 0 saturated heterocycles. The summed E-state index contributed by atoms with van der Waals surface area (Å²) in [5, 5.41) is 13.6. The average molecular weight is 485 g/mol. The van der Waals surface area contributed by atoms with Gasteiger partial charge >= 0.3 is 0 Å². The van der Waals surface area contributed by atoms with E-state index >= 15 is 0 Å². The van der Waals surface area contributed by atoms with Gasteiger partial charge in [0.1, 0.15) is 0 Å². The third-order valence-electron chi connectivity index (χ3n) is 5.80. The normalized spacial score (nSPS) is 13.0. The van der Waals surface area contributed by atoms with Crippen LogP contribution in [0.1, 0.15) is 69.4 Å². The summed E-state index contributed by atoms with van der Waals surface area (Å²) in [5.74, 6) is 1.57. The summed E-state index contributed by atoms with van der Waals surface area (Å²) in [6.45, 7) is 8.23. The largest absolute Gasteiger partial charge is 0.346 e. The summed E-state index contributed by atoms with van der Waals surface area (Å²) in [7, 11) is 0. The minimum absolute atomic E-state index is 0.0172. The number of hydrogen-bond donors (Lipinski definition) is 1. The first-order chi connectivity index (χ1) is 15.9.